The predicted octanol–water partition coefficient (Wildman–Crippen LogP) is 4.09. The van der Waals surface area contributed by atoms with Crippen LogP contribution in [0.2, 0.25) is 0 Å². The number of benzene rings is 1. The van der Waals surface area contributed by atoms with Gasteiger partial charge in [0.2, 0.25) is 0 Å². The molecule has 0 spiro atoms. The Kier molecular flexibility index (Phi) is 7.25. The van der Waals surface area contributed by atoms with Gasteiger partial charge in [-0.3, -0.25) is 0 Å². The number of hydrogen-bond acceptors (Lipinski definition) is 2. The fraction of sp³-hybridized carbons (Fsp3) is 0.667. The van der Waals surface area contributed by atoms with Crippen molar-refractivity contribution in [2.45, 2.75) is 53.6 Å². The van der Waals surface area contributed by atoms with E-state index in [-0.39, 0.29) is 6.10 Å². The van der Waals surface area contributed by atoms with Crippen molar-refractivity contribution in [2.75, 3.05) is 19.6 Å². The molecule has 0 bridgehead atoms. The topological polar surface area (TPSA) is 23.5 Å². The summed E-state index contributed by atoms with van der Waals surface area (Å²) in [6.45, 7) is 13.7. The molecule has 0 heterocycles. The van der Waals surface area contributed by atoms with E-state index in [4.69, 9.17) is 0 Å². The Hall–Kier alpha value is -0.860. The van der Waals surface area contributed by atoms with Crippen LogP contribution >= 0.6 is 0 Å². The van der Waals surface area contributed by atoms with Crippen molar-refractivity contribution < 1.29 is 5.11 Å². The summed E-state index contributed by atoms with van der Waals surface area (Å²) in [5.74, 6) is 0.737. The van der Waals surface area contributed by atoms with Crippen molar-refractivity contribution in [2.24, 2.45) is 5.92 Å². The molecule has 0 aliphatic heterocycles. The Morgan fingerprint density at radius 1 is 1.05 bits per heavy atom. The van der Waals surface area contributed by atoms with Crippen molar-refractivity contribution in [1.82, 2.24) is 4.90 Å². The highest BCUT2D eigenvalue weighted by Gasteiger charge is 2.16. The molecule has 1 rings (SSSR count). The first-order chi connectivity index (χ1) is 9.51. The molecule has 0 saturated carbocycles. The molecule has 1 unspecified atom stereocenters. The second kappa shape index (κ2) is 8.43. The molecule has 2 nitrogen and oxygen atoms in total. The zero-order valence-electron chi connectivity index (χ0n) is 13.8. The van der Waals surface area contributed by atoms with Gasteiger partial charge in [0, 0.05) is 13.1 Å². The fourth-order valence-corrected chi connectivity index (χ4v) is 2.71. The summed E-state index contributed by atoms with van der Waals surface area (Å²) in [5.41, 5.74) is 3.47. The number of aliphatic hydroxyl groups excluding tert-OH is 1. The molecule has 0 aliphatic rings. The monoisotopic (exact) mass is 277 g/mol. The van der Waals surface area contributed by atoms with Crippen molar-refractivity contribution >= 4 is 0 Å². The summed E-state index contributed by atoms with van der Waals surface area (Å²) in [6, 6.07) is 6.32. The summed E-state index contributed by atoms with van der Waals surface area (Å²) in [5, 5.41) is 10.5. The zero-order chi connectivity index (χ0) is 15.1. The van der Waals surface area contributed by atoms with Crippen LogP contribution in [-0.2, 0) is 0 Å². The number of hydrogen-bond donors (Lipinski definition) is 1. The minimum absolute atomic E-state index is 0.385. The van der Waals surface area contributed by atoms with Gasteiger partial charge in [0.05, 0.1) is 6.10 Å². The lowest BCUT2D eigenvalue weighted by atomic mass is 9.99. The van der Waals surface area contributed by atoms with E-state index in [9.17, 15) is 5.11 Å². The Labute approximate surface area is 124 Å². The van der Waals surface area contributed by atoms with Crippen molar-refractivity contribution in [3.63, 3.8) is 0 Å². The number of aryl methyl sites for hydroxylation is 2. The number of rotatable bonds is 8. The molecular weight excluding hydrogens is 246 g/mol. The van der Waals surface area contributed by atoms with E-state index >= 15 is 0 Å². The van der Waals surface area contributed by atoms with E-state index in [1.165, 1.54) is 24.0 Å². The van der Waals surface area contributed by atoms with E-state index in [1.54, 1.807) is 0 Å². The molecule has 2 heteroatoms. The molecule has 0 aromatic heterocycles. The minimum atomic E-state index is -0.385. The lowest BCUT2D eigenvalue weighted by molar-refractivity contribution is 0.104. The van der Waals surface area contributed by atoms with Gasteiger partial charge >= 0.3 is 0 Å². The maximum absolute atomic E-state index is 10.5. The molecule has 20 heavy (non-hydrogen) atoms. The number of nitrogens with zero attached hydrogens (tertiary/aromatic N) is 1. The highest BCUT2D eigenvalue weighted by molar-refractivity contribution is 5.32. The molecule has 114 valence electrons. The number of aliphatic hydroxyl groups is 1. The van der Waals surface area contributed by atoms with E-state index in [0.717, 1.165) is 31.1 Å². The molecule has 0 radical (unpaired) electrons. The summed E-state index contributed by atoms with van der Waals surface area (Å²) in [7, 11) is 0. The van der Waals surface area contributed by atoms with Gasteiger partial charge in [-0.2, -0.15) is 0 Å². The molecule has 1 N–H and O–H groups in total. The van der Waals surface area contributed by atoms with Gasteiger partial charge in [-0.15, -0.1) is 0 Å². The van der Waals surface area contributed by atoms with Crippen LogP contribution in [0.5, 0.6) is 0 Å². The van der Waals surface area contributed by atoms with Crippen LogP contribution in [0.15, 0.2) is 18.2 Å². The summed E-state index contributed by atoms with van der Waals surface area (Å²) in [6.07, 6.45) is 2.04. The van der Waals surface area contributed by atoms with Crippen LogP contribution in [0.4, 0.5) is 0 Å². The average molecular weight is 277 g/mol. The van der Waals surface area contributed by atoms with Crippen LogP contribution in [0.25, 0.3) is 0 Å². The summed E-state index contributed by atoms with van der Waals surface area (Å²) >= 11 is 0. The van der Waals surface area contributed by atoms with Crippen LogP contribution < -0.4 is 0 Å². The van der Waals surface area contributed by atoms with Crippen LogP contribution in [0.1, 0.15) is 56.4 Å². The second-order valence-electron chi connectivity index (χ2n) is 5.91. The average Bonchev–Trinajstić information content (AvgIpc) is 2.45. The third-order valence-electron chi connectivity index (χ3n) is 4.34. The van der Waals surface area contributed by atoms with Gasteiger partial charge in [-0.25, -0.2) is 0 Å². The Morgan fingerprint density at radius 3 is 2.25 bits per heavy atom. The number of likely N-dealkylation sites (N-methyl/N-ethyl adjacent to an activating group) is 1. The maximum atomic E-state index is 10.5. The van der Waals surface area contributed by atoms with E-state index in [0.29, 0.717) is 0 Å². The Bertz CT molecular complexity index is 398. The molecule has 1 atom stereocenters. The fourth-order valence-electron chi connectivity index (χ4n) is 2.71. The quantitative estimate of drug-likeness (QED) is 0.773. The summed E-state index contributed by atoms with van der Waals surface area (Å²) in [4.78, 5) is 2.38. The van der Waals surface area contributed by atoms with Gasteiger partial charge in [-0.1, -0.05) is 57.4 Å². The van der Waals surface area contributed by atoms with Gasteiger partial charge in [0.1, 0.15) is 0 Å². The SMILES string of the molecule is CCC(CC)CN(CC)CC(O)c1cc(C)ccc1C. The first-order valence-electron chi connectivity index (χ1n) is 7.99. The molecule has 0 saturated heterocycles. The lowest BCUT2D eigenvalue weighted by Gasteiger charge is -2.28. The Balaban J connectivity index is 2.71. The summed E-state index contributed by atoms with van der Waals surface area (Å²) < 4.78 is 0. The highest BCUT2D eigenvalue weighted by atomic mass is 16.3. The highest BCUT2D eigenvalue weighted by Crippen LogP contribution is 2.21. The third-order valence-corrected chi connectivity index (χ3v) is 4.34. The van der Waals surface area contributed by atoms with Crippen molar-refractivity contribution in [3.8, 4) is 0 Å². The molecule has 0 aliphatic carbocycles. The van der Waals surface area contributed by atoms with E-state index in [2.05, 4.69) is 57.7 Å². The van der Waals surface area contributed by atoms with Crippen molar-refractivity contribution in [3.05, 3.63) is 34.9 Å². The van der Waals surface area contributed by atoms with Gasteiger partial charge in [0.25, 0.3) is 0 Å². The first kappa shape index (κ1) is 17.2. The van der Waals surface area contributed by atoms with Crippen molar-refractivity contribution in [1.29, 1.82) is 0 Å². The standard InChI is InChI=1S/C18H31NO/c1-6-16(7-2)12-19(8-3)13-18(20)17-11-14(4)9-10-15(17)5/h9-11,16,18,20H,6-8,12-13H2,1-5H3. The molecular formula is C18H31NO. The third kappa shape index (κ3) is 4.92. The first-order valence-corrected chi connectivity index (χ1v) is 7.99. The van der Waals surface area contributed by atoms with Crippen LogP contribution in [-0.4, -0.2) is 29.6 Å². The molecule has 0 amide bonds. The largest absolute Gasteiger partial charge is 0.387 e. The molecule has 1 aromatic rings. The Morgan fingerprint density at radius 2 is 1.70 bits per heavy atom. The van der Waals surface area contributed by atoms with Gasteiger partial charge in [0.15, 0.2) is 0 Å². The molecule has 0 fully saturated rings. The molecule has 1 aromatic carbocycles. The van der Waals surface area contributed by atoms with Gasteiger partial charge in [-0.05, 0) is 37.4 Å². The smallest absolute Gasteiger partial charge is 0.0919 e. The minimum Gasteiger partial charge on any atom is -0.387 e. The van der Waals surface area contributed by atoms with Gasteiger partial charge < -0.3 is 10.0 Å². The normalized spacial score (nSPS) is 13.2. The van der Waals surface area contributed by atoms with Crippen LogP contribution in [0, 0.1) is 19.8 Å². The second-order valence-corrected chi connectivity index (χ2v) is 5.91. The van der Waals surface area contributed by atoms with E-state index < -0.39 is 0 Å². The predicted molar refractivity (Wildman–Crippen MR) is 87.1 cm³/mol. The van der Waals surface area contributed by atoms with Crippen LogP contribution in [0.3, 0.4) is 0 Å². The van der Waals surface area contributed by atoms with E-state index in [1.807, 2.05) is 0 Å². The zero-order valence-corrected chi connectivity index (χ0v) is 13.8. The lowest BCUT2D eigenvalue weighted by Crippen LogP contribution is -2.33. The maximum Gasteiger partial charge on any atom is 0.0919 e.